The lowest BCUT2D eigenvalue weighted by Crippen LogP contribution is -2.49. The Morgan fingerprint density at radius 1 is 1.31 bits per heavy atom. The van der Waals surface area contributed by atoms with Gasteiger partial charge in [-0.3, -0.25) is 4.99 Å². The minimum atomic E-state index is 0. The van der Waals surface area contributed by atoms with Gasteiger partial charge in [0.1, 0.15) is 0 Å². The topological polar surface area (TPSA) is 45.5 Å². The number of nitrogens with one attached hydrogen (secondary N) is 1. The number of piperidine rings is 1. The predicted molar refractivity (Wildman–Crippen MR) is 117 cm³/mol. The van der Waals surface area contributed by atoms with Crippen LogP contribution in [-0.2, 0) is 0 Å². The van der Waals surface area contributed by atoms with E-state index in [0.717, 1.165) is 38.1 Å². The smallest absolute Gasteiger partial charge is 0.194 e. The van der Waals surface area contributed by atoms with Crippen molar-refractivity contribution in [3.8, 4) is 0 Å². The maximum atomic E-state index is 5.14. The van der Waals surface area contributed by atoms with Crippen molar-refractivity contribution in [2.45, 2.75) is 58.4 Å². The average Bonchev–Trinajstić information content (AvgIpc) is 3.28. The second-order valence-electron chi connectivity index (χ2n) is 8.45. The van der Waals surface area contributed by atoms with Gasteiger partial charge in [0, 0.05) is 38.6 Å². The molecule has 26 heavy (non-hydrogen) atoms. The number of rotatable bonds is 5. The van der Waals surface area contributed by atoms with E-state index in [1.807, 2.05) is 12.5 Å². The molecular formula is C20H34IN5. The van der Waals surface area contributed by atoms with Crippen LogP contribution in [0, 0.1) is 17.3 Å². The molecule has 2 atom stereocenters. The maximum absolute atomic E-state index is 5.14. The van der Waals surface area contributed by atoms with Crippen molar-refractivity contribution < 1.29 is 0 Å². The second-order valence-corrected chi connectivity index (χ2v) is 8.45. The summed E-state index contributed by atoms with van der Waals surface area (Å²) in [5.41, 5.74) is 0.549. The summed E-state index contributed by atoms with van der Waals surface area (Å²) in [6, 6.07) is 0.487. The SMILES string of the molecule is CCNC(=NCC1(C2CC2)CCC1)N1CCC(C)C(n2ccnc2)C1.I. The Labute approximate surface area is 175 Å². The molecule has 1 aromatic heterocycles. The van der Waals surface area contributed by atoms with Gasteiger partial charge in [-0.25, -0.2) is 4.98 Å². The van der Waals surface area contributed by atoms with Crippen LogP contribution in [0.1, 0.15) is 58.4 Å². The van der Waals surface area contributed by atoms with E-state index in [1.54, 1.807) is 0 Å². The highest BCUT2D eigenvalue weighted by atomic mass is 127. The lowest BCUT2D eigenvalue weighted by molar-refractivity contribution is 0.112. The van der Waals surface area contributed by atoms with E-state index in [9.17, 15) is 0 Å². The quantitative estimate of drug-likeness (QED) is 0.402. The highest BCUT2D eigenvalue weighted by Crippen LogP contribution is 2.57. The van der Waals surface area contributed by atoms with Crippen molar-refractivity contribution >= 4 is 29.9 Å². The first-order chi connectivity index (χ1) is 12.2. The van der Waals surface area contributed by atoms with Gasteiger partial charge in [0.2, 0.25) is 0 Å². The Bertz CT molecular complexity index is 591. The summed E-state index contributed by atoms with van der Waals surface area (Å²) in [5.74, 6) is 2.78. The van der Waals surface area contributed by atoms with Gasteiger partial charge < -0.3 is 14.8 Å². The van der Waals surface area contributed by atoms with Crippen molar-refractivity contribution in [3.63, 3.8) is 0 Å². The second kappa shape index (κ2) is 8.48. The fourth-order valence-corrected chi connectivity index (χ4v) is 4.78. The van der Waals surface area contributed by atoms with Crippen LogP contribution in [0.4, 0.5) is 0 Å². The standard InChI is InChI=1S/C20H33N5.HI/c1-3-22-19(23-14-20(8-4-9-20)17-5-6-17)24-11-7-16(2)18(13-24)25-12-10-21-15-25;/h10,12,15-18H,3-9,11,13-14H2,1-2H3,(H,22,23);1H. The van der Waals surface area contributed by atoms with Crippen LogP contribution in [0.2, 0.25) is 0 Å². The molecule has 1 N–H and O–H groups in total. The molecule has 0 spiro atoms. The number of likely N-dealkylation sites (tertiary alicyclic amines) is 1. The first-order valence-electron chi connectivity index (χ1n) is 10.2. The molecule has 2 aliphatic carbocycles. The lowest BCUT2D eigenvalue weighted by atomic mass is 9.65. The molecule has 0 radical (unpaired) electrons. The summed E-state index contributed by atoms with van der Waals surface area (Å²) < 4.78 is 2.28. The maximum Gasteiger partial charge on any atom is 0.194 e. The van der Waals surface area contributed by atoms with Gasteiger partial charge in [0.25, 0.3) is 0 Å². The predicted octanol–water partition coefficient (Wildman–Crippen LogP) is 3.93. The summed E-state index contributed by atoms with van der Waals surface area (Å²) in [6.07, 6.45) is 14.3. The molecule has 6 heteroatoms. The van der Waals surface area contributed by atoms with Crippen molar-refractivity contribution in [2.75, 3.05) is 26.2 Å². The summed E-state index contributed by atoms with van der Waals surface area (Å²) in [7, 11) is 0. The highest BCUT2D eigenvalue weighted by molar-refractivity contribution is 14.0. The number of guanidine groups is 1. The van der Waals surface area contributed by atoms with E-state index < -0.39 is 0 Å². The highest BCUT2D eigenvalue weighted by Gasteiger charge is 2.48. The molecule has 2 saturated carbocycles. The normalized spacial score (nSPS) is 28.2. The zero-order valence-electron chi connectivity index (χ0n) is 16.2. The van der Waals surface area contributed by atoms with E-state index >= 15 is 0 Å². The van der Waals surface area contributed by atoms with Gasteiger partial charge in [0.15, 0.2) is 5.96 Å². The van der Waals surface area contributed by atoms with Gasteiger partial charge in [-0.2, -0.15) is 0 Å². The lowest BCUT2D eigenvalue weighted by Gasteiger charge is -2.43. The number of aliphatic imine (C=N–C) groups is 1. The fraction of sp³-hybridized carbons (Fsp3) is 0.800. The van der Waals surface area contributed by atoms with Crippen molar-refractivity contribution in [3.05, 3.63) is 18.7 Å². The zero-order chi connectivity index (χ0) is 17.3. The Kier molecular flexibility index (Phi) is 6.51. The number of aromatic nitrogens is 2. The summed E-state index contributed by atoms with van der Waals surface area (Å²) in [6.45, 7) is 8.64. The Hall–Kier alpha value is -0.790. The molecule has 5 nitrogen and oxygen atoms in total. The Morgan fingerprint density at radius 2 is 2.12 bits per heavy atom. The van der Waals surface area contributed by atoms with Crippen molar-refractivity contribution in [2.24, 2.45) is 22.2 Å². The Morgan fingerprint density at radius 3 is 2.69 bits per heavy atom. The number of imidazole rings is 1. The van der Waals surface area contributed by atoms with E-state index in [1.165, 1.54) is 38.5 Å². The van der Waals surface area contributed by atoms with Crippen molar-refractivity contribution in [1.82, 2.24) is 19.8 Å². The molecule has 0 amide bonds. The first-order valence-corrected chi connectivity index (χ1v) is 10.2. The molecule has 2 unspecified atom stereocenters. The van der Waals surface area contributed by atoms with Gasteiger partial charge in [-0.1, -0.05) is 13.3 Å². The van der Waals surface area contributed by atoms with Crippen LogP contribution in [0.5, 0.6) is 0 Å². The van der Waals surface area contributed by atoms with Gasteiger partial charge in [0.05, 0.1) is 12.4 Å². The third kappa shape index (κ3) is 4.04. The van der Waals surface area contributed by atoms with E-state index in [2.05, 4.69) is 39.8 Å². The monoisotopic (exact) mass is 471 g/mol. The molecule has 4 rings (SSSR count). The number of nitrogens with zero attached hydrogens (tertiary/aromatic N) is 4. The Balaban J connectivity index is 0.00000196. The third-order valence-corrected chi connectivity index (χ3v) is 6.80. The molecule has 0 bridgehead atoms. The minimum Gasteiger partial charge on any atom is -0.357 e. The molecule has 1 saturated heterocycles. The summed E-state index contributed by atoms with van der Waals surface area (Å²) in [4.78, 5) is 11.9. The van der Waals surface area contributed by atoms with E-state index in [-0.39, 0.29) is 24.0 Å². The average molecular weight is 471 g/mol. The van der Waals surface area contributed by atoms with Gasteiger partial charge in [-0.05, 0) is 56.3 Å². The molecule has 3 aliphatic rings. The van der Waals surface area contributed by atoms with Gasteiger partial charge in [-0.15, -0.1) is 24.0 Å². The molecule has 1 aromatic rings. The minimum absolute atomic E-state index is 0. The van der Waals surface area contributed by atoms with E-state index in [4.69, 9.17) is 4.99 Å². The van der Waals surface area contributed by atoms with Gasteiger partial charge >= 0.3 is 0 Å². The number of hydrogen-bond donors (Lipinski definition) is 1. The number of hydrogen-bond acceptors (Lipinski definition) is 2. The van der Waals surface area contributed by atoms with Crippen LogP contribution in [0.25, 0.3) is 0 Å². The van der Waals surface area contributed by atoms with Crippen LogP contribution >= 0.6 is 24.0 Å². The first kappa shape index (κ1) is 20.0. The molecule has 2 heterocycles. The largest absolute Gasteiger partial charge is 0.357 e. The summed E-state index contributed by atoms with van der Waals surface area (Å²) >= 11 is 0. The van der Waals surface area contributed by atoms with Crippen LogP contribution in [0.3, 0.4) is 0 Å². The van der Waals surface area contributed by atoms with Crippen LogP contribution < -0.4 is 5.32 Å². The molecule has 0 aromatic carbocycles. The van der Waals surface area contributed by atoms with Crippen LogP contribution in [0.15, 0.2) is 23.7 Å². The molecular weight excluding hydrogens is 437 g/mol. The van der Waals surface area contributed by atoms with Crippen LogP contribution in [-0.4, -0.2) is 46.6 Å². The van der Waals surface area contributed by atoms with Crippen molar-refractivity contribution in [1.29, 1.82) is 0 Å². The third-order valence-electron chi connectivity index (χ3n) is 6.80. The van der Waals surface area contributed by atoms with E-state index in [0.29, 0.717) is 17.4 Å². The molecule has 3 fully saturated rings. The molecule has 1 aliphatic heterocycles. The fourth-order valence-electron chi connectivity index (χ4n) is 4.78. The molecule has 146 valence electrons. The zero-order valence-corrected chi connectivity index (χ0v) is 18.6. The number of halogens is 1. The summed E-state index contributed by atoms with van der Waals surface area (Å²) in [5, 5.41) is 3.56.